The number of alkyl carbamates (subject to hydrolysis) is 1. The van der Waals surface area contributed by atoms with E-state index in [2.05, 4.69) is 11.4 Å². The molecule has 3 fully saturated rings. The first-order chi connectivity index (χ1) is 18.8. The lowest BCUT2D eigenvalue weighted by Crippen LogP contribution is -2.59. The van der Waals surface area contributed by atoms with Crippen molar-refractivity contribution in [3.63, 3.8) is 0 Å². The van der Waals surface area contributed by atoms with Gasteiger partial charge in [-0.05, 0) is 64.7 Å². The van der Waals surface area contributed by atoms with Gasteiger partial charge in [-0.1, -0.05) is 12.1 Å². The van der Waals surface area contributed by atoms with E-state index in [-0.39, 0.29) is 36.3 Å². The molecule has 0 aromatic heterocycles. The molecule has 0 radical (unpaired) electrons. The minimum absolute atomic E-state index is 0.0346. The van der Waals surface area contributed by atoms with Crippen LogP contribution in [-0.2, 0) is 14.3 Å². The number of likely N-dealkylation sites (tertiary alicyclic amines) is 3. The van der Waals surface area contributed by atoms with Gasteiger partial charge in [-0.15, -0.1) is 0 Å². The molecule has 40 heavy (non-hydrogen) atoms. The van der Waals surface area contributed by atoms with E-state index in [1.807, 2.05) is 34.9 Å². The van der Waals surface area contributed by atoms with Crippen molar-refractivity contribution in [2.45, 2.75) is 82.8 Å². The highest BCUT2D eigenvalue weighted by molar-refractivity contribution is 5.94. The van der Waals surface area contributed by atoms with Gasteiger partial charge in [0.1, 0.15) is 17.7 Å². The number of hydrogen-bond donors (Lipinski definition) is 1. The summed E-state index contributed by atoms with van der Waals surface area (Å²) in [7, 11) is 3.41. The summed E-state index contributed by atoms with van der Waals surface area (Å²) in [5.41, 5.74) is 0.713. The number of amides is 4. The van der Waals surface area contributed by atoms with Gasteiger partial charge in [0.2, 0.25) is 11.8 Å². The molecule has 11 nitrogen and oxygen atoms in total. The minimum atomic E-state index is -0.949. The largest absolute Gasteiger partial charge is 0.444 e. The van der Waals surface area contributed by atoms with Crippen molar-refractivity contribution < 1.29 is 23.9 Å². The molecule has 5 atom stereocenters. The maximum atomic E-state index is 13.6. The molecule has 1 aromatic carbocycles. The third-order valence-corrected chi connectivity index (χ3v) is 7.84. The Hall–Kier alpha value is -3.65. The van der Waals surface area contributed by atoms with Gasteiger partial charge in [0.15, 0.2) is 0 Å². The van der Waals surface area contributed by atoms with Gasteiger partial charge < -0.3 is 24.8 Å². The van der Waals surface area contributed by atoms with Crippen LogP contribution in [0.2, 0.25) is 0 Å². The van der Waals surface area contributed by atoms with Crippen LogP contribution < -0.4 is 5.32 Å². The van der Waals surface area contributed by atoms with E-state index in [4.69, 9.17) is 4.74 Å². The molecule has 2 bridgehead atoms. The van der Waals surface area contributed by atoms with Gasteiger partial charge in [0.05, 0.1) is 18.2 Å². The molecule has 3 saturated heterocycles. The lowest BCUT2D eigenvalue weighted by molar-refractivity contribution is -0.141. The van der Waals surface area contributed by atoms with Crippen molar-refractivity contribution in [2.75, 3.05) is 33.7 Å². The molecule has 0 spiro atoms. The average molecular weight is 553 g/mol. The number of rotatable bonds is 7. The molecule has 11 heteroatoms. The highest BCUT2D eigenvalue weighted by Crippen LogP contribution is 2.38. The summed E-state index contributed by atoms with van der Waals surface area (Å²) in [5.74, 6) is -0.468. The third-order valence-electron chi connectivity index (χ3n) is 7.84. The van der Waals surface area contributed by atoms with Gasteiger partial charge in [-0.2, -0.15) is 5.26 Å². The molecule has 1 aromatic rings. The summed E-state index contributed by atoms with van der Waals surface area (Å²) < 4.78 is 5.41. The van der Waals surface area contributed by atoms with E-state index >= 15 is 0 Å². The maximum absolute atomic E-state index is 13.6. The van der Waals surface area contributed by atoms with E-state index < -0.39 is 29.8 Å². The SMILES string of the molecule is C[C@H](c1cccc(C(=O)N(C)C)c1)N1C(=O)[C@@H]2C[C@H]1CN2C[C@H](NC(=O)OC(C)(C)C)C(=O)N1CCC[C@H]1C#N. The van der Waals surface area contributed by atoms with Crippen molar-refractivity contribution in [1.82, 2.24) is 24.9 Å². The van der Waals surface area contributed by atoms with Crippen molar-refractivity contribution in [3.05, 3.63) is 35.4 Å². The van der Waals surface area contributed by atoms with Gasteiger partial charge in [-0.3, -0.25) is 19.3 Å². The van der Waals surface area contributed by atoms with E-state index in [1.54, 1.807) is 40.9 Å². The first kappa shape index (κ1) is 29.3. The lowest BCUT2D eigenvalue weighted by Gasteiger charge is -2.39. The molecule has 3 aliphatic heterocycles. The fourth-order valence-corrected chi connectivity index (χ4v) is 5.98. The zero-order chi connectivity index (χ0) is 29.4. The van der Waals surface area contributed by atoms with E-state index in [0.29, 0.717) is 31.5 Å². The fraction of sp³-hybridized carbons (Fsp3) is 0.621. The topological polar surface area (TPSA) is 126 Å². The molecule has 1 N–H and O–H groups in total. The lowest BCUT2D eigenvalue weighted by atomic mass is 10.0. The summed E-state index contributed by atoms with van der Waals surface area (Å²) in [6.07, 6.45) is 1.24. The Morgan fingerprint density at radius 1 is 1.25 bits per heavy atom. The van der Waals surface area contributed by atoms with Crippen LogP contribution in [0.25, 0.3) is 0 Å². The molecule has 4 rings (SSSR count). The number of carbonyl (C=O) groups is 4. The van der Waals surface area contributed by atoms with Crippen molar-refractivity contribution in [3.8, 4) is 6.07 Å². The molecule has 0 unspecified atom stereocenters. The highest BCUT2D eigenvalue weighted by Gasteiger charge is 2.52. The predicted molar refractivity (Wildman–Crippen MR) is 147 cm³/mol. The average Bonchev–Trinajstić information content (AvgIpc) is 3.60. The number of benzene rings is 1. The summed E-state index contributed by atoms with van der Waals surface area (Å²) in [6.45, 7) is 8.36. The summed E-state index contributed by atoms with van der Waals surface area (Å²) in [5, 5.41) is 12.2. The molecule has 4 amide bonds. The van der Waals surface area contributed by atoms with E-state index in [1.165, 1.54) is 9.80 Å². The second-order valence-electron chi connectivity index (χ2n) is 12.1. The highest BCUT2D eigenvalue weighted by atomic mass is 16.6. The van der Waals surface area contributed by atoms with Gasteiger partial charge in [0, 0.05) is 45.3 Å². The molecule has 3 aliphatic rings. The van der Waals surface area contributed by atoms with E-state index in [0.717, 1.165) is 12.0 Å². The Morgan fingerprint density at radius 2 is 1.98 bits per heavy atom. The zero-order valence-corrected chi connectivity index (χ0v) is 24.2. The normalized spacial score (nSPS) is 24.0. The second kappa shape index (κ2) is 11.5. The van der Waals surface area contributed by atoms with Gasteiger partial charge in [0.25, 0.3) is 5.91 Å². The Labute approximate surface area is 236 Å². The second-order valence-corrected chi connectivity index (χ2v) is 12.1. The first-order valence-corrected chi connectivity index (χ1v) is 13.9. The number of nitrogens with zero attached hydrogens (tertiary/aromatic N) is 5. The van der Waals surface area contributed by atoms with Crippen molar-refractivity contribution in [2.24, 2.45) is 0 Å². The molecule has 0 aliphatic carbocycles. The van der Waals surface area contributed by atoms with Crippen LogP contribution in [-0.4, -0.2) is 107 Å². The Bertz CT molecular complexity index is 1200. The quantitative estimate of drug-likeness (QED) is 0.549. The number of hydrogen-bond acceptors (Lipinski definition) is 7. The number of nitrogens with one attached hydrogen (secondary N) is 1. The first-order valence-electron chi connectivity index (χ1n) is 13.9. The van der Waals surface area contributed by atoms with Crippen LogP contribution in [0.4, 0.5) is 4.79 Å². The number of ether oxygens (including phenoxy) is 1. The van der Waals surface area contributed by atoms with Crippen molar-refractivity contribution >= 4 is 23.8 Å². The van der Waals surface area contributed by atoms with Crippen LogP contribution in [0.1, 0.15) is 68.9 Å². The van der Waals surface area contributed by atoms with E-state index in [9.17, 15) is 24.4 Å². The summed E-state index contributed by atoms with van der Waals surface area (Å²) >= 11 is 0. The number of fused-ring (bicyclic) bond motifs is 2. The monoisotopic (exact) mass is 552 g/mol. The molecular formula is C29H40N6O5. The third kappa shape index (κ3) is 6.07. The van der Waals surface area contributed by atoms with Gasteiger partial charge in [-0.25, -0.2) is 4.79 Å². The zero-order valence-electron chi connectivity index (χ0n) is 24.2. The van der Waals surface area contributed by atoms with Gasteiger partial charge >= 0.3 is 6.09 Å². The van der Waals surface area contributed by atoms with Crippen molar-refractivity contribution in [1.29, 1.82) is 5.26 Å². The Kier molecular flexibility index (Phi) is 8.40. The summed E-state index contributed by atoms with van der Waals surface area (Å²) in [4.78, 5) is 59.1. The molecule has 0 saturated carbocycles. The smallest absolute Gasteiger partial charge is 0.408 e. The molecular weight excluding hydrogens is 512 g/mol. The van der Waals surface area contributed by atoms with Crippen LogP contribution in [0, 0.1) is 11.3 Å². The van der Waals surface area contributed by atoms with Crippen LogP contribution in [0.15, 0.2) is 24.3 Å². The minimum Gasteiger partial charge on any atom is -0.444 e. The molecule has 216 valence electrons. The number of nitriles is 1. The number of piperazine rings is 1. The summed E-state index contributed by atoms with van der Waals surface area (Å²) in [6, 6.07) is 7.37. The Morgan fingerprint density at radius 3 is 2.60 bits per heavy atom. The van der Waals surface area contributed by atoms with Crippen LogP contribution in [0.3, 0.4) is 0 Å². The van der Waals surface area contributed by atoms with Crippen LogP contribution in [0.5, 0.6) is 0 Å². The fourth-order valence-electron chi connectivity index (χ4n) is 5.98. The maximum Gasteiger partial charge on any atom is 0.408 e. The number of carbonyl (C=O) groups excluding carboxylic acids is 4. The Balaban J connectivity index is 1.48. The molecule has 3 heterocycles. The van der Waals surface area contributed by atoms with Crippen LogP contribution >= 0.6 is 0 Å². The predicted octanol–water partition coefficient (Wildman–Crippen LogP) is 2.14. The standard InChI is InChI=1S/C29H40N6O5/c1-18(19-9-7-10-20(13-19)25(36)32(5)6)35-22-14-24(27(35)38)33(16-22)17-23(31-28(39)40-29(2,3)4)26(37)34-12-8-11-21(34)15-30/h7,9-10,13,18,21-24H,8,11-12,14,16-17H2,1-6H3,(H,31,39)/t18-,21+,22+,23+,24+/m1/s1.